The molecule has 2 rings (SSSR count). The molecule has 0 amide bonds. The van der Waals surface area contributed by atoms with Gasteiger partial charge in [-0.1, -0.05) is 6.07 Å². The van der Waals surface area contributed by atoms with Crippen LogP contribution in [0.4, 0.5) is 17.6 Å². The van der Waals surface area contributed by atoms with Crippen LogP contribution >= 0.6 is 0 Å². The molecule has 1 aromatic heterocycles. The number of hydrogen-bond donors (Lipinski definition) is 2. The van der Waals surface area contributed by atoms with E-state index in [-0.39, 0.29) is 10.9 Å². The zero-order valence-corrected chi connectivity index (χ0v) is 7.98. The third kappa shape index (κ3) is 1.65. The predicted octanol–water partition coefficient (Wildman–Crippen LogP) is 2.87. The van der Waals surface area contributed by atoms with Gasteiger partial charge >= 0.3 is 6.18 Å². The van der Waals surface area contributed by atoms with Gasteiger partial charge in [0.2, 0.25) is 0 Å². The number of hydrogen-bond acceptors (Lipinski definition) is 1. The van der Waals surface area contributed by atoms with Crippen LogP contribution in [0.3, 0.4) is 0 Å². The Bertz CT molecular complexity index is 515. The van der Waals surface area contributed by atoms with Gasteiger partial charge in [-0.25, -0.2) is 4.39 Å². The first-order chi connectivity index (χ1) is 7.41. The average Bonchev–Trinajstić information content (AvgIpc) is 2.60. The first-order valence-electron chi connectivity index (χ1n) is 4.49. The van der Waals surface area contributed by atoms with Crippen LogP contribution < -0.4 is 5.73 Å². The summed E-state index contributed by atoms with van der Waals surface area (Å²) < 4.78 is 50.6. The Morgan fingerprint density at radius 2 is 1.94 bits per heavy atom. The van der Waals surface area contributed by atoms with Crippen LogP contribution in [0.2, 0.25) is 0 Å². The Morgan fingerprint density at radius 3 is 2.56 bits per heavy atom. The smallest absolute Gasteiger partial charge is 0.361 e. The number of fused-ring (bicyclic) bond motifs is 1. The fourth-order valence-electron chi connectivity index (χ4n) is 1.59. The van der Waals surface area contributed by atoms with Gasteiger partial charge in [-0.05, 0) is 12.1 Å². The van der Waals surface area contributed by atoms with Gasteiger partial charge in [0.25, 0.3) is 0 Å². The lowest BCUT2D eigenvalue weighted by atomic mass is 10.1. The number of alkyl halides is 3. The maximum Gasteiger partial charge on any atom is 0.407 e. The first kappa shape index (κ1) is 10.9. The van der Waals surface area contributed by atoms with E-state index in [1.165, 1.54) is 12.1 Å². The van der Waals surface area contributed by atoms with Gasteiger partial charge < -0.3 is 10.7 Å². The van der Waals surface area contributed by atoms with Crippen LogP contribution in [-0.4, -0.2) is 11.2 Å². The second-order valence-electron chi connectivity index (χ2n) is 3.43. The minimum absolute atomic E-state index is 0.104. The van der Waals surface area contributed by atoms with E-state index < -0.39 is 18.0 Å². The Morgan fingerprint density at radius 1 is 1.25 bits per heavy atom. The fraction of sp³-hybridized carbons (Fsp3) is 0.200. The van der Waals surface area contributed by atoms with E-state index >= 15 is 0 Å². The molecule has 0 fully saturated rings. The largest absolute Gasteiger partial charge is 0.407 e. The van der Waals surface area contributed by atoms with Crippen LogP contribution in [0.25, 0.3) is 10.9 Å². The summed E-state index contributed by atoms with van der Waals surface area (Å²) >= 11 is 0. The molecule has 1 unspecified atom stereocenters. The molecular formula is C10H8F4N2. The highest BCUT2D eigenvalue weighted by atomic mass is 19.4. The van der Waals surface area contributed by atoms with Gasteiger partial charge in [-0.3, -0.25) is 0 Å². The van der Waals surface area contributed by atoms with Crippen LogP contribution in [0.1, 0.15) is 11.6 Å². The first-order valence-corrected chi connectivity index (χ1v) is 4.49. The predicted molar refractivity (Wildman–Crippen MR) is 51.2 cm³/mol. The van der Waals surface area contributed by atoms with Gasteiger partial charge in [-0.15, -0.1) is 0 Å². The molecule has 0 saturated heterocycles. The van der Waals surface area contributed by atoms with Crippen molar-refractivity contribution >= 4 is 10.9 Å². The van der Waals surface area contributed by atoms with Crippen LogP contribution in [-0.2, 0) is 0 Å². The van der Waals surface area contributed by atoms with Crippen LogP contribution in [0.5, 0.6) is 0 Å². The van der Waals surface area contributed by atoms with E-state index in [9.17, 15) is 17.6 Å². The lowest BCUT2D eigenvalue weighted by molar-refractivity contribution is -0.148. The van der Waals surface area contributed by atoms with Crippen molar-refractivity contribution in [2.24, 2.45) is 5.73 Å². The van der Waals surface area contributed by atoms with Crippen molar-refractivity contribution in [3.8, 4) is 0 Å². The number of halogens is 4. The van der Waals surface area contributed by atoms with E-state index in [1.807, 2.05) is 0 Å². The zero-order valence-electron chi connectivity index (χ0n) is 7.98. The van der Waals surface area contributed by atoms with E-state index in [0.29, 0.717) is 5.52 Å². The van der Waals surface area contributed by atoms with Crippen molar-refractivity contribution in [3.63, 3.8) is 0 Å². The molecule has 0 aliphatic carbocycles. The number of aromatic amines is 1. The highest BCUT2D eigenvalue weighted by Gasteiger charge is 2.39. The van der Waals surface area contributed by atoms with Crippen LogP contribution in [0, 0.1) is 5.82 Å². The maximum absolute atomic E-state index is 13.4. The standard InChI is InChI=1S/C10H8F4N2/c11-6-2-1-3-7-8(6)5(4-16-7)9(15)10(12,13)14/h1-4,9,16H,15H2. The summed E-state index contributed by atoms with van der Waals surface area (Å²) in [5.41, 5.74) is 5.06. The Hall–Kier alpha value is -1.56. The molecule has 1 atom stereocenters. The minimum atomic E-state index is -4.59. The third-order valence-electron chi connectivity index (χ3n) is 2.37. The molecule has 0 bridgehead atoms. The number of H-pyrrole nitrogens is 1. The molecule has 1 aromatic carbocycles. The van der Waals surface area contributed by atoms with Gasteiger partial charge in [-0.2, -0.15) is 13.2 Å². The molecule has 0 spiro atoms. The molecule has 2 nitrogen and oxygen atoms in total. The molecule has 0 aliphatic rings. The molecule has 86 valence electrons. The van der Waals surface area contributed by atoms with E-state index in [2.05, 4.69) is 4.98 Å². The molecular weight excluding hydrogens is 224 g/mol. The van der Waals surface area contributed by atoms with E-state index in [0.717, 1.165) is 12.3 Å². The molecule has 1 heterocycles. The van der Waals surface area contributed by atoms with Gasteiger partial charge in [0.05, 0.1) is 0 Å². The normalized spacial score (nSPS) is 14.3. The number of benzene rings is 1. The molecule has 2 aromatic rings. The van der Waals surface area contributed by atoms with E-state index in [1.54, 1.807) is 0 Å². The van der Waals surface area contributed by atoms with Crippen molar-refractivity contribution < 1.29 is 17.6 Å². The summed E-state index contributed by atoms with van der Waals surface area (Å²) in [7, 11) is 0. The Labute approximate surface area is 88.1 Å². The van der Waals surface area contributed by atoms with Crippen molar-refractivity contribution in [1.29, 1.82) is 0 Å². The zero-order chi connectivity index (χ0) is 11.9. The lowest BCUT2D eigenvalue weighted by Crippen LogP contribution is -2.28. The molecule has 3 N–H and O–H groups in total. The second-order valence-corrected chi connectivity index (χ2v) is 3.43. The number of rotatable bonds is 1. The minimum Gasteiger partial charge on any atom is -0.361 e. The fourth-order valence-corrected chi connectivity index (χ4v) is 1.59. The second kappa shape index (κ2) is 3.48. The molecule has 0 saturated carbocycles. The quantitative estimate of drug-likeness (QED) is 0.729. The van der Waals surface area contributed by atoms with Crippen molar-refractivity contribution in [3.05, 3.63) is 35.8 Å². The van der Waals surface area contributed by atoms with Crippen LogP contribution in [0.15, 0.2) is 24.4 Å². The number of nitrogens with one attached hydrogen (secondary N) is 1. The van der Waals surface area contributed by atoms with E-state index in [4.69, 9.17) is 5.73 Å². The summed E-state index contributed by atoms with van der Waals surface area (Å²) in [6.07, 6.45) is -3.50. The monoisotopic (exact) mass is 232 g/mol. The average molecular weight is 232 g/mol. The Balaban J connectivity index is 2.62. The van der Waals surface area contributed by atoms with Crippen molar-refractivity contribution in [2.45, 2.75) is 12.2 Å². The molecule has 0 radical (unpaired) electrons. The summed E-state index contributed by atoms with van der Waals surface area (Å²) in [4.78, 5) is 2.56. The molecule has 16 heavy (non-hydrogen) atoms. The highest BCUT2D eigenvalue weighted by molar-refractivity contribution is 5.84. The molecule has 0 aliphatic heterocycles. The maximum atomic E-state index is 13.4. The summed E-state index contributed by atoms with van der Waals surface area (Å²) in [5, 5.41) is -0.104. The Kier molecular flexibility index (Phi) is 2.38. The number of aromatic nitrogens is 1. The third-order valence-corrected chi connectivity index (χ3v) is 2.37. The number of nitrogens with two attached hydrogens (primary N) is 1. The summed E-state index contributed by atoms with van der Waals surface area (Å²) in [5.74, 6) is -0.714. The molecule has 6 heteroatoms. The topological polar surface area (TPSA) is 41.8 Å². The van der Waals surface area contributed by atoms with Gasteiger partial charge in [0.1, 0.15) is 11.9 Å². The van der Waals surface area contributed by atoms with Crippen molar-refractivity contribution in [1.82, 2.24) is 4.98 Å². The van der Waals surface area contributed by atoms with Gasteiger partial charge in [0.15, 0.2) is 0 Å². The SMILES string of the molecule is NC(c1c[nH]c2cccc(F)c12)C(F)(F)F. The van der Waals surface area contributed by atoms with Gasteiger partial charge in [0, 0.05) is 22.7 Å². The summed E-state index contributed by atoms with van der Waals surface area (Å²) in [6, 6.07) is 1.82. The lowest BCUT2D eigenvalue weighted by Gasteiger charge is -2.14. The highest BCUT2D eigenvalue weighted by Crippen LogP contribution is 2.35. The summed E-state index contributed by atoms with van der Waals surface area (Å²) in [6.45, 7) is 0. The van der Waals surface area contributed by atoms with Crippen molar-refractivity contribution in [2.75, 3.05) is 0 Å².